The molecule has 0 radical (unpaired) electrons. The van der Waals surface area contributed by atoms with Crippen molar-refractivity contribution in [3.63, 3.8) is 0 Å². The quantitative estimate of drug-likeness (QED) is 0.0971. The summed E-state index contributed by atoms with van der Waals surface area (Å²) >= 11 is 0. The lowest BCUT2D eigenvalue weighted by Gasteiger charge is -2.49. The van der Waals surface area contributed by atoms with E-state index in [1.807, 2.05) is 0 Å². The maximum atomic E-state index is 11.4. The average Bonchev–Trinajstić information content (AvgIpc) is 3.11. The third-order valence-electron chi connectivity index (χ3n) is 11.5. The van der Waals surface area contributed by atoms with Gasteiger partial charge in [-0.05, 0) is 25.7 Å². The van der Waals surface area contributed by atoms with E-state index in [9.17, 15) is 66.4 Å². The topological polar surface area (TPSA) is 331 Å². The fourth-order valence-electron chi connectivity index (χ4n) is 8.42. The van der Waals surface area contributed by atoms with Crippen molar-refractivity contribution in [2.75, 3.05) is 19.8 Å². The van der Waals surface area contributed by atoms with Crippen molar-refractivity contribution < 1.29 is 99.5 Å². The molecule has 4 saturated heterocycles. The van der Waals surface area contributed by atoms with Crippen LogP contribution in [-0.2, 0) is 28.4 Å². The van der Waals surface area contributed by atoms with Crippen molar-refractivity contribution in [3.8, 4) is 0 Å². The van der Waals surface area contributed by atoms with Gasteiger partial charge in [-0.1, -0.05) is 0 Å². The SMILES string of the molecule is OC[C@H]1O[C@@H](OC[C@@H]2O[C@H](OC3CC4C(O)CC(O)CC4[OH+]C3C3CCC(O)C(O)C3)[C@@H](O[C@@H]3OC[C@@H](O)[C@H](O)[C@H]3O)[C@H](O)[C@@H]2O)[C@H](O)[C@@H](O)[C@@H]1O. The van der Waals surface area contributed by atoms with Crippen LogP contribution >= 0.6 is 0 Å². The summed E-state index contributed by atoms with van der Waals surface area (Å²) in [5, 5.41) is 136. The number of aliphatic hydroxyl groups excluding tert-OH is 13. The fourth-order valence-corrected chi connectivity index (χ4v) is 8.42. The van der Waals surface area contributed by atoms with Crippen LogP contribution in [0.5, 0.6) is 0 Å². The Morgan fingerprint density at radius 1 is 0.577 bits per heavy atom. The third-order valence-corrected chi connectivity index (χ3v) is 11.5. The van der Waals surface area contributed by atoms with Gasteiger partial charge < -0.3 is 99.5 Å². The predicted octanol–water partition coefficient (Wildman–Crippen LogP) is -7.22. The minimum absolute atomic E-state index is 0.113. The molecule has 6 aliphatic rings. The summed E-state index contributed by atoms with van der Waals surface area (Å²) in [6.45, 7) is -1.77. The lowest BCUT2D eigenvalue weighted by Crippen LogP contribution is -2.65. The zero-order valence-corrected chi connectivity index (χ0v) is 28.4. The van der Waals surface area contributed by atoms with Crippen molar-refractivity contribution >= 4 is 0 Å². The van der Waals surface area contributed by atoms with Crippen molar-refractivity contribution in [2.24, 2.45) is 11.8 Å². The summed E-state index contributed by atoms with van der Waals surface area (Å²) in [5.41, 5.74) is 0. The van der Waals surface area contributed by atoms with E-state index in [0.717, 1.165) is 0 Å². The molecular formula is C32H55O20+. The van der Waals surface area contributed by atoms with E-state index in [2.05, 4.69) is 0 Å². The van der Waals surface area contributed by atoms with Crippen LogP contribution in [0.2, 0.25) is 0 Å². The van der Waals surface area contributed by atoms with Crippen LogP contribution in [0.1, 0.15) is 38.5 Å². The molecular weight excluding hydrogens is 704 g/mol. The summed E-state index contributed by atoms with van der Waals surface area (Å²) in [4.78, 5) is 0. The minimum atomic E-state index is -1.85. The van der Waals surface area contributed by atoms with Gasteiger partial charge in [0.2, 0.25) is 0 Å². The molecule has 6 rings (SSSR count). The van der Waals surface area contributed by atoms with Gasteiger partial charge in [0, 0.05) is 18.8 Å². The van der Waals surface area contributed by atoms with Gasteiger partial charge in [-0.25, -0.2) is 0 Å². The van der Waals surface area contributed by atoms with Crippen LogP contribution in [0.4, 0.5) is 0 Å². The van der Waals surface area contributed by atoms with Crippen molar-refractivity contribution in [1.82, 2.24) is 0 Å². The van der Waals surface area contributed by atoms with Gasteiger partial charge in [0.15, 0.2) is 31.1 Å². The lowest BCUT2D eigenvalue weighted by atomic mass is 9.72. The Labute approximate surface area is 298 Å². The average molecular weight is 760 g/mol. The van der Waals surface area contributed by atoms with E-state index in [0.29, 0.717) is 12.8 Å². The van der Waals surface area contributed by atoms with Crippen molar-refractivity contribution in [3.05, 3.63) is 0 Å². The number of hydrogen-bond donors (Lipinski definition) is 13. The van der Waals surface area contributed by atoms with E-state index < -0.39 is 154 Å². The summed E-state index contributed by atoms with van der Waals surface area (Å²) in [7, 11) is 0. The Kier molecular flexibility index (Phi) is 13.5. The second-order valence-corrected chi connectivity index (χ2v) is 15.1. The fraction of sp³-hybridized carbons (Fsp3) is 1.00. The van der Waals surface area contributed by atoms with Gasteiger partial charge in [0.05, 0.1) is 50.2 Å². The zero-order valence-electron chi connectivity index (χ0n) is 28.4. The van der Waals surface area contributed by atoms with Gasteiger partial charge in [-0.3, -0.25) is 0 Å². The highest BCUT2D eigenvalue weighted by Crippen LogP contribution is 2.42. The number of hydrogen-bond acceptors (Lipinski definition) is 19. The Hall–Kier alpha value is -0.800. The minimum Gasteiger partial charge on any atom is -0.427 e. The summed E-state index contributed by atoms with van der Waals surface area (Å²) in [5.74, 6) is -0.767. The molecule has 2 aliphatic carbocycles. The monoisotopic (exact) mass is 759 g/mol. The molecule has 52 heavy (non-hydrogen) atoms. The molecule has 4 aliphatic heterocycles. The van der Waals surface area contributed by atoms with Crippen LogP contribution < -0.4 is 0 Å². The molecule has 9 unspecified atom stereocenters. The molecule has 6 fully saturated rings. The van der Waals surface area contributed by atoms with Crippen LogP contribution in [0.15, 0.2) is 0 Å². The first-order valence-electron chi connectivity index (χ1n) is 18.0. The van der Waals surface area contributed by atoms with Crippen molar-refractivity contribution in [1.29, 1.82) is 0 Å². The number of rotatable bonds is 9. The Bertz CT molecular complexity index is 1140. The second-order valence-electron chi connectivity index (χ2n) is 15.1. The maximum absolute atomic E-state index is 11.4. The molecule has 2 saturated carbocycles. The molecule has 0 aromatic carbocycles. The molecule has 14 N–H and O–H groups in total. The lowest BCUT2D eigenvalue weighted by molar-refractivity contribution is -0.385. The van der Waals surface area contributed by atoms with Crippen molar-refractivity contribution in [2.45, 2.75) is 167 Å². The Balaban J connectivity index is 1.25. The normalized spacial score (nSPS) is 54.8. The predicted molar refractivity (Wildman–Crippen MR) is 166 cm³/mol. The number of aliphatic hydroxyl groups is 15. The van der Waals surface area contributed by atoms with E-state index in [1.165, 1.54) is 0 Å². The first-order chi connectivity index (χ1) is 24.7. The summed E-state index contributed by atoms with van der Waals surface area (Å²) in [6.07, 6.45) is -27.1. The van der Waals surface area contributed by atoms with E-state index >= 15 is 0 Å². The molecule has 0 bridgehead atoms. The highest BCUT2D eigenvalue weighted by Gasteiger charge is 2.56. The molecule has 0 aromatic rings. The first-order valence-corrected chi connectivity index (χ1v) is 18.0. The Morgan fingerprint density at radius 3 is 1.98 bits per heavy atom. The highest BCUT2D eigenvalue weighted by atomic mass is 16.8. The summed E-state index contributed by atoms with van der Waals surface area (Å²) in [6, 6.07) is 0. The van der Waals surface area contributed by atoms with Crippen LogP contribution in [0.25, 0.3) is 0 Å². The van der Waals surface area contributed by atoms with Gasteiger partial charge in [0.25, 0.3) is 0 Å². The number of ether oxygens (including phenoxy) is 7. The zero-order chi connectivity index (χ0) is 37.6. The molecule has 4 heterocycles. The second kappa shape index (κ2) is 17.1. The maximum Gasteiger partial charge on any atom is 0.187 e. The van der Waals surface area contributed by atoms with Gasteiger partial charge >= 0.3 is 0 Å². The largest absolute Gasteiger partial charge is 0.427 e. The van der Waals surface area contributed by atoms with Crippen LogP contribution in [0, 0.1) is 11.8 Å². The van der Waals surface area contributed by atoms with E-state index in [4.69, 9.17) is 33.2 Å². The smallest absolute Gasteiger partial charge is 0.187 e. The standard InChI is InChI=1S/C32H54O20/c33-7-19-22(40)24(42)27(45)30(50-19)47-9-20-23(41)25(43)29(52-31-26(44)21(39)16(38)8-46-31)32(51-20)49-18-6-12-14(36)4-11(34)5-17(12)48-28(18)10-1-2-13(35)15(37)3-10/h10-45H,1-9H2/p+1/t10?,11?,12?,13?,14?,15?,16-,17?,18?,19-,20+,21+,22-,23-,24+,25-,26-,27-,28?,29+,30-,31+,32+/m1/s1. The molecule has 0 amide bonds. The van der Waals surface area contributed by atoms with Crippen LogP contribution in [-0.4, -0.2) is 220 Å². The molecule has 0 spiro atoms. The van der Waals surface area contributed by atoms with Gasteiger partial charge in [0.1, 0.15) is 73.2 Å². The Morgan fingerprint density at radius 2 is 1.27 bits per heavy atom. The molecule has 0 aromatic heterocycles. The number of fused-ring (bicyclic) bond motifs is 1. The highest BCUT2D eigenvalue weighted by molar-refractivity contribution is 4.99. The molecule has 23 atom stereocenters. The molecule has 20 heteroatoms. The molecule has 302 valence electrons. The molecule has 20 nitrogen and oxygen atoms in total. The van der Waals surface area contributed by atoms with Crippen LogP contribution in [0.3, 0.4) is 0 Å². The van der Waals surface area contributed by atoms with Gasteiger partial charge in [-0.15, -0.1) is 0 Å². The van der Waals surface area contributed by atoms with Gasteiger partial charge in [-0.2, -0.15) is 0 Å². The van der Waals surface area contributed by atoms with E-state index in [-0.39, 0.29) is 31.6 Å². The van der Waals surface area contributed by atoms with E-state index in [1.54, 1.807) is 0 Å². The third kappa shape index (κ3) is 8.47. The first kappa shape index (κ1) is 40.9. The summed E-state index contributed by atoms with van der Waals surface area (Å²) < 4.78 is 39.9.